The number of nitrogens with one attached hydrogen (secondary N) is 1. The fourth-order valence-electron chi connectivity index (χ4n) is 1.82. The monoisotopic (exact) mass is 333 g/mol. The van der Waals surface area contributed by atoms with Gasteiger partial charge in [0.2, 0.25) is 0 Å². The van der Waals surface area contributed by atoms with E-state index in [-0.39, 0.29) is 5.91 Å². The highest BCUT2D eigenvalue weighted by atomic mass is 79.9. The third kappa shape index (κ3) is 3.61. The molecule has 104 valence electrons. The van der Waals surface area contributed by atoms with Gasteiger partial charge in [-0.25, -0.2) is 0 Å². The molecule has 2 rings (SSSR count). The molecule has 4 heteroatoms. The first kappa shape index (κ1) is 14.6. The van der Waals surface area contributed by atoms with E-state index in [1.807, 2.05) is 44.2 Å². The van der Waals surface area contributed by atoms with Gasteiger partial charge in [0.25, 0.3) is 5.91 Å². The third-order valence-electron chi connectivity index (χ3n) is 2.82. The molecule has 1 N–H and O–H groups in total. The first-order valence-electron chi connectivity index (χ1n) is 6.40. The van der Waals surface area contributed by atoms with E-state index in [0.717, 1.165) is 15.7 Å². The summed E-state index contributed by atoms with van der Waals surface area (Å²) in [4.78, 5) is 12.2. The molecule has 0 heterocycles. The molecule has 0 spiro atoms. The fraction of sp³-hybridized carbons (Fsp3) is 0.188. The van der Waals surface area contributed by atoms with Gasteiger partial charge in [0, 0.05) is 15.7 Å². The van der Waals surface area contributed by atoms with E-state index in [4.69, 9.17) is 4.74 Å². The molecule has 0 fully saturated rings. The van der Waals surface area contributed by atoms with Crippen LogP contribution >= 0.6 is 15.9 Å². The molecule has 0 aromatic heterocycles. The maximum Gasteiger partial charge on any atom is 0.255 e. The first-order valence-corrected chi connectivity index (χ1v) is 7.20. The molecule has 0 saturated heterocycles. The van der Waals surface area contributed by atoms with Crippen molar-refractivity contribution in [1.29, 1.82) is 0 Å². The van der Waals surface area contributed by atoms with Crippen molar-refractivity contribution in [2.24, 2.45) is 0 Å². The van der Waals surface area contributed by atoms with Crippen LogP contribution in [0.4, 0.5) is 5.69 Å². The van der Waals surface area contributed by atoms with Gasteiger partial charge in [-0.1, -0.05) is 22.0 Å². The Morgan fingerprint density at radius 2 is 2.05 bits per heavy atom. The van der Waals surface area contributed by atoms with Crippen LogP contribution in [0.25, 0.3) is 0 Å². The quantitative estimate of drug-likeness (QED) is 0.899. The van der Waals surface area contributed by atoms with Crippen LogP contribution in [0.2, 0.25) is 0 Å². The number of carbonyl (C=O) groups excluding carboxylic acids is 1. The van der Waals surface area contributed by atoms with E-state index in [1.165, 1.54) is 0 Å². The van der Waals surface area contributed by atoms with E-state index in [1.54, 1.807) is 12.1 Å². The van der Waals surface area contributed by atoms with Crippen molar-refractivity contribution < 1.29 is 9.53 Å². The first-order chi connectivity index (χ1) is 9.60. The summed E-state index contributed by atoms with van der Waals surface area (Å²) in [7, 11) is 0. The molecule has 2 aromatic rings. The van der Waals surface area contributed by atoms with Crippen LogP contribution in [0.3, 0.4) is 0 Å². The van der Waals surface area contributed by atoms with Crippen LogP contribution in [0.5, 0.6) is 5.75 Å². The zero-order valence-electron chi connectivity index (χ0n) is 11.4. The SMILES string of the molecule is CCOc1cccc(C(=O)Nc2ccc(Br)c(C)c2)c1. The third-order valence-corrected chi connectivity index (χ3v) is 3.71. The molecule has 0 radical (unpaired) electrons. The predicted octanol–water partition coefficient (Wildman–Crippen LogP) is 4.41. The summed E-state index contributed by atoms with van der Waals surface area (Å²) in [6, 6.07) is 12.9. The molecule has 20 heavy (non-hydrogen) atoms. The lowest BCUT2D eigenvalue weighted by atomic mass is 10.2. The summed E-state index contributed by atoms with van der Waals surface area (Å²) >= 11 is 3.44. The molecule has 0 atom stereocenters. The van der Waals surface area contributed by atoms with Crippen LogP contribution in [-0.2, 0) is 0 Å². The second kappa shape index (κ2) is 6.57. The van der Waals surface area contributed by atoms with Crippen LogP contribution in [0.15, 0.2) is 46.9 Å². The van der Waals surface area contributed by atoms with Gasteiger partial charge >= 0.3 is 0 Å². The minimum Gasteiger partial charge on any atom is -0.494 e. The summed E-state index contributed by atoms with van der Waals surface area (Å²) in [5.41, 5.74) is 2.43. The Morgan fingerprint density at radius 3 is 2.75 bits per heavy atom. The van der Waals surface area contributed by atoms with Crippen molar-refractivity contribution in [2.75, 3.05) is 11.9 Å². The highest BCUT2D eigenvalue weighted by Crippen LogP contribution is 2.21. The Balaban J connectivity index is 2.15. The number of carbonyl (C=O) groups is 1. The maximum absolute atomic E-state index is 12.2. The van der Waals surface area contributed by atoms with E-state index < -0.39 is 0 Å². The number of anilines is 1. The second-order valence-electron chi connectivity index (χ2n) is 4.38. The largest absolute Gasteiger partial charge is 0.494 e. The average Bonchev–Trinajstić information content (AvgIpc) is 2.43. The summed E-state index contributed by atoms with van der Waals surface area (Å²) < 4.78 is 6.42. The summed E-state index contributed by atoms with van der Waals surface area (Å²) in [6.45, 7) is 4.48. The molecule has 3 nitrogen and oxygen atoms in total. The van der Waals surface area contributed by atoms with Crippen LogP contribution < -0.4 is 10.1 Å². The Hall–Kier alpha value is -1.81. The van der Waals surface area contributed by atoms with Crippen molar-refractivity contribution in [3.8, 4) is 5.75 Å². The molecule has 2 aromatic carbocycles. The van der Waals surface area contributed by atoms with Crippen molar-refractivity contribution >= 4 is 27.5 Å². The minimum atomic E-state index is -0.145. The number of hydrogen-bond donors (Lipinski definition) is 1. The fourth-order valence-corrected chi connectivity index (χ4v) is 2.07. The molecule has 0 aliphatic carbocycles. The van der Waals surface area contributed by atoms with Gasteiger partial charge in [0.1, 0.15) is 5.75 Å². The molecule has 0 unspecified atom stereocenters. The Labute approximate surface area is 127 Å². The number of aryl methyl sites for hydroxylation is 1. The molecular formula is C16H16BrNO2. The lowest BCUT2D eigenvalue weighted by molar-refractivity contribution is 0.102. The molecule has 0 aliphatic heterocycles. The maximum atomic E-state index is 12.2. The van der Waals surface area contributed by atoms with Gasteiger partial charge < -0.3 is 10.1 Å². The molecule has 0 aliphatic rings. The van der Waals surface area contributed by atoms with E-state index in [2.05, 4.69) is 21.2 Å². The standard InChI is InChI=1S/C16H16BrNO2/c1-3-20-14-6-4-5-12(10-14)16(19)18-13-7-8-15(17)11(2)9-13/h4-10H,3H2,1-2H3,(H,18,19). The van der Waals surface area contributed by atoms with Gasteiger partial charge in [0.05, 0.1) is 6.61 Å². The summed E-state index contributed by atoms with van der Waals surface area (Å²) in [6.07, 6.45) is 0. The lowest BCUT2D eigenvalue weighted by Gasteiger charge is -2.08. The minimum absolute atomic E-state index is 0.145. The number of benzene rings is 2. The van der Waals surface area contributed by atoms with Gasteiger partial charge in [0.15, 0.2) is 0 Å². The van der Waals surface area contributed by atoms with E-state index in [0.29, 0.717) is 17.9 Å². The van der Waals surface area contributed by atoms with Gasteiger partial charge in [-0.05, 0) is 55.8 Å². The Kier molecular flexibility index (Phi) is 4.79. The number of hydrogen-bond acceptors (Lipinski definition) is 2. The Morgan fingerprint density at radius 1 is 1.25 bits per heavy atom. The molecule has 0 bridgehead atoms. The Bertz CT molecular complexity index is 626. The number of halogens is 1. The summed E-state index contributed by atoms with van der Waals surface area (Å²) in [5, 5.41) is 2.88. The number of rotatable bonds is 4. The van der Waals surface area contributed by atoms with E-state index >= 15 is 0 Å². The highest BCUT2D eigenvalue weighted by Gasteiger charge is 2.08. The van der Waals surface area contributed by atoms with Crippen molar-refractivity contribution in [1.82, 2.24) is 0 Å². The van der Waals surface area contributed by atoms with Crippen LogP contribution in [-0.4, -0.2) is 12.5 Å². The zero-order valence-corrected chi connectivity index (χ0v) is 13.0. The van der Waals surface area contributed by atoms with Crippen LogP contribution in [0, 0.1) is 6.92 Å². The number of ether oxygens (including phenoxy) is 1. The average molecular weight is 334 g/mol. The predicted molar refractivity (Wildman–Crippen MR) is 84.4 cm³/mol. The second-order valence-corrected chi connectivity index (χ2v) is 5.23. The van der Waals surface area contributed by atoms with Gasteiger partial charge in [-0.15, -0.1) is 0 Å². The zero-order chi connectivity index (χ0) is 14.5. The van der Waals surface area contributed by atoms with Gasteiger partial charge in [-0.2, -0.15) is 0 Å². The lowest BCUT2D eigenvalue weighted by Crippen LogP contribution is -2.12. The molecule has 1 amide bonds. The molecule has 0 saturated carbocycles. The summed E-state index contributed by atoms with van der Waals surface area (Å²) in [5.74, 6) is 0.556. The molecular weight excluding hydrogens is 318 g/mol. The van der Waals surface area contributed by atoms with Crippen molar-refractivity contribution in [3.63, 3.8) is 0 Å². The van der Waals surface area contributed by atoms with Gasteiger partial charge in [-0.3, -0.25) is 4.79 Å². The normalized spacial score (nSPS) is 10.2. The van der Waals surface area contributed by atoms with Crippen molar-refractivity contribution in [2.45, 2.75) is 13.8 Å². The van der Waals surface area contributed by atoms with Crippen molar-refractivity contribution in [3.05, 3.63) is 58.1 Å². The van der Waals surface area contributed by atoms with Crippen LogP contribution in [0.1, 0.15) is 22.8 Å². The topological polar surface area (TPSA) is 38.3 Å². The number of amides is 1. The highest BCUT2D eigenvalue weighted by molar-refractivity contribution is 9.10. The van der Waals surface area contributed by atoms with E-state index in [9.17, 15) is 4.79 Å². The smallest absolute Gasteiger partial charge is 0.255 e.